The van der Waals surface area contributed by atoms with E-state index in [0.29, 0.717) is 0 Å². The molecule has 144 valence electrons. The summed E-state index contributed by atoms with van der Waals surface area (Å²) in [6, 6.07) is 0. The first-order valence-electron chi connectivity index (χ1n) is 7.83. The monoisotopic (exact) mass is 378 g/mol. The summed E-state index contributed by atoms with van der Waals surface area (Å²) in [5.74, 6) is -2.60. The lowest BCUT2D eigenvalue weighted by Gasteiger charge is -2.12. The van der Waals surface area contributed by atoms with Gasteiger partial charge in [-0.25, -0.2) is 9.52 Å². The molecule has 0 rings (SSSR count). The molecule has 0 saturated heterocycles. The van der Waals surface area contributed by atoms with Gasteiger partial charge in [0.1, 0.15) is 0 Å². The second-order valence-corrected chi connectivity index (χ2v) is 7.33. The lowest BCUT2D eigenvalue weighted by Crippen LogP contribution is -2.41. The topological polar surface area (TPSA) is 119 Å². The maximum atomic E-state index is 11.6. The van der Waals surface area contributed by atoms with Crippen molar-refractivity contribution in [1.82, 2.24) is 9.03 Å². The van der Waals surface area contributed by atoms with Crippen LogP contribution in [0.4, 0.5) is 0 Å². The van der Waals surface area contributed by atoms with Crippen LogP contribution in [0.1, 0.15) is 39.0 Å². The van der Waals surface area contributed by atoms with Crippen LogP contribution in [0.2, 0.25) is 0 Å². The van der Waals surface area contributed by atoms with Gasteiger partial charge in [-0.1, -0.05) is 32.8 Å². The Kier molecular flexibility index (Phi) is 10.7. The van der Waals surface area contributed by atoms with Crippen molar-refractivity contribution in [3.05, 3.63) is 12.2 Å². The summed E-state index contributed by atoms with van der Waals surface area (Å²) in [5, 5.41) is 0. The highest BCUT2D eigenvalue weighted by molar-refractivity contribution is 7.87. The fraction of sp³-hybridized carbons (Fsp3) is 0.667. The first kappa shape index (κ1) is 23.1. The molecule has 0 aliphatic heterocycles. The molecule has 0 aromatic heterocycles. The lowest BCUT2D eigenvalue weighted by atomic mass is 10.2. The van der Waals surface area contributed by atoms with Gasteiger partial charge in [0, 0.05) is 19.7 Å². The van der Waals surface area contributed by atoms with Crippen molar-refractivity contribution in [2.24, 2.45) is 0 Å². The van der Waals surface area contributed by atoms with Crippen molar-refractivity contribution in [3.8, 4) is 0 Å². The normalized spacial score (nSPS) is 11.0. The Balaban J connectivity index is 4.12. The third kappa shape index (κ3) is 10.5. The van der Waals surface area contributed by atoms with Crippen molar-refractivity contribution < 1.29 is 32.3 Å². The molecule has 0 saturated carbocycles. The number of ether oxygens (including phenoxy) is 2. The molecule has 0 unspecified atom stereocenters. The molecule has 0 radical (unpaired) electrons. The van der Waals surface area contributed by atoms with E-state index in [1.807, 2.05) is 0 Å². The number of esters is 2. The molecule has 0 aliphatic rings. The van der Waals surface area contributed by atoms with Gasteiger partial charge in [-0.3, -0.25) is 9.59 Å². The van der Waals surface area contributed by atoms with Crippen molar-refractivity contribution in [2.45, 2.75) is 39.0 Å². The third-order valence-electron chi connectivity index (χ3n) is 2.97. The van der Waals surface area contributed by atoms with Crippen LogP contribution < -0.4 is 4.72 Å². The summed E-state index contributed by atoms with van der Waals surface area (Å²) < 4.78 is 34.9. The molecule has 0 fully saturated rings. The molecule has 0 atom stereocenters. The van der Waals surface area contributed by atoms with Crippen LogP contribution in [0.15, 0.2) is 12.2 Å². The number of hydrogen-bond acceptors (Lipinski definition) is 7. The maximum absolute atomic E-state index is 11.6. The number of carbonyl (C=O) groups excluding carboxylic acids is 3. The van der Waals surface area contributed by atoms with E-state index in [9.17, 15) is 22.8 Å². The van der Waals surface area contributed by atoms with Crippen LogP contribution in [0.3, 0.4) is 0 Å². The van der Waals surface area contributed by atoms with Crippen molar-refractivity contribution in [2.75, 3.05) is 27.3 Å². The van der Waals surface area contributed by atoms with Gasteiger partial charge in [-0.15, -0.1) is 0 Å². The van der Waals surface area contributed by atoms with Gasteiger partial charge >= 0.3 is 22.1 Å². The number of nitrogens with one attached hydrogen (secondary N) is 1. The summed E-state index contributed by atoms with van der Waals surface area (Å²) in [5.41, 5.74) is -0.179. The van der Waals surface area contributed by atoms with Gasteiger partial charge in [0.05, 0.1) is 13.0 Å². The van der Waals surface area contributed by atoms with E-state index in [4.69, 9.17) is 4.74 Å². The Bertz CT molecular complexity index is 585. The van der Waals surface area contributed by atoms with E-state index in [1.165, 1.54) is 14.1 Å². The zero-order valence-electron chi connectivity index (χ0n) is 14.9. The average molecular weight is 378 g/mol. The highest BCUT2D eigenvalue weighted by Crippen LogP contribution is 2.05. The first-order chi connectivity index (χ1) is 11.6. The van der Waals surface area contributed by atoms with Crippen LogP contribution >= 0.6 is 0 Å². The molecular weight excluding hydrogens is 352 g/mol. The second kappa shape index (κ2) is 11.6. The standard InChI is InChI=1S/C15H26N2O7S/c1-5-6-7-8-9-23-14(19)10-12(2)15(20)24-11-13(18)16-25(21,22)17(3)4/h2,5-11H2,1,3-4H3,(H,16,18). The average Bonchev–Trinajstić information content (AvgIpc) is 2.51. The van der Waals surface area contributed by atoms with Gasteiger partial charge in [-0.2, -0.15) is 12.7 Å². The number of unbranched alkanes of at least 4 members (excludes halogenated alkanes) is 3. The molecule has 0 aromatic rings. The van der Waals surface area contributed by atoms with E-state index in [1.54, 1.807) is 4.72 Å². The van der Waals surface area contributed by atoms with E-state index < -0.39 is 34.7 Å². The smallest absolute Gasteiger partial charge is 0.334 e. The largest absolute Gasteiger partial charge is 0.465 e. The predicted octanol–water partition coefficient (Wildman–Crippen LogP) is 0.522. The van der Waals surface area contributed by atoms with Crippen molar-refractivity contribution in [3.63, 3.8) is 0 Å². The van der Waals surface area contributed by atoms with Gasteiger partial charge < -0.3 is 9.47 Å². The zero-order valence-corrected chi connectivity index (χ0v) is 15.7. The lowest BCUT2D eigenvalue weighted by molar-refractivity contribution is -0.147. The fourth-order valence-corrected chi connectivity index (χ4v) is 2.04. The number of hydrogen-bond donors (Lipinski definition) is 1. The molecule has 9 nitrogen and oxygen atoms in total. The zero-order chi connectivity index (χ0) is 19.5. The molecule has 1 N–H and O–H groups in total. The van der Waals surface area contributed by atoms with Gasteiger partial charge in [0.25, 0.3) is 5.91 Å². The van der Waals surface area contributed by atoms with Crippen LogP contribution in [-0.4, -0.2) is 57.9 Å². The quantitative estimate of drug-likeness (QED) is 0.299. The SMILES string of the molecule is C=C(CC(=O)OCCCCCC)C(=O)OCC(=O)NS(=O)(=O)N(C)C. The molecule has 0 spiro atoms. The molecule has 25 heavy (non-hydrogen) atoms. The third-order valence-corrected chi connectivity index (χ3v) is 4.41. The summed E-state index contributed by atoms with van der Waals surface area (Å²) in [4.78, 5) is 34.6. The summed E-state index contributed by atoms with van der Waals surface area (Å²) >= 11 is 0. The Morgan fingerprint density at radius 2 is 1.72 bits per heavy atom. The fourth-order valence-electron chi connectivity index (χ4n) is 1.51. The van der Waals surface area contributed by atoms with Crippen LogP contribution in [0.5, 0.6) is 0 Å². The molecule has 0 aromatic carbocycles. The molecule has 0 heterocycles. The summed E-state index contributed by atoms with van der Waals surface area (Å²) in [7, 11) is -1.49. The molecule has 0 aliphatic carbocycles. The maximum Gasteiger partial charge on any atom is 0.334 e. The van der Waals surface area contributed by atoms with Crippen molar-refractivity contribution in [1.29, 1.82) is 0 Å². The Morgan fingerprint density at radius 1 is 1.08 bits per heavy atom. The highest BCUT2D eigenvalue weighted by atomic mass is 32.2. The van der Waals surface area contributed by atoms with Crippen LogP contribution in [0, 0.1) is 0 Å². The van der Waals surface area contributed by atoms with E-state index in [2.05, 4.69) is 18.2 Å². The number of nitrogens with zero attached hydrogens (tertiary/aromatic N) is 1. The molecule has 10 heteroatoms. The minimum absolute atomic E-state index is 0.179. The number of carbonyl (C=O) groups is 3. The molecule has 0 bridgehead atoms. The highest BCUT2D eigenvalue weighted by Gasteiger charge is 2.19. The van der Waals surface area contributed by atoms with E-state index >= 15 is 0 Å². The molecule has 1 amide bonds. The van der Waals surface area contributed by atoms with E-state index in [0.717, 1.165) is 30.0 Å². The van der Waals surface area contributed by atoms with Gasteiger partial charge in [0.2, 0.25) is 0 Å². The Labute approximate surface area is 148 Å². The Morgan fingerprint density at radius 3 is 2.28 bits per heavy atom. The predicted molar refractivity (Wildman–Crippen MR) is 90.6 cm³/mol. The van der Waals surface area contributed by atoms with Crippen molar-refractivity contribution >= 4 is 28.1 Å². The minimum atomic E-state index is -3.96. The first-order valence-corrected chi connectivity index (χ1v) is 9.27. The number of rotatable bonds is 12. The van der Waals surface area contributed by atoms with Crippen LogP contribution in [0.25, 0.3) is 0 Å². The summed E-state index contributed by atoms with van der Waals surface area (Å²) in [6.07, 6.45) is 3.47. The minimum Gasteiger partial charge on any atom is -0.465 e. The van der Waals surface area contributed by atoms with Gasteiger partial charge in [-0.05, 0) is 6.42 Å². The Hall–Kier alpha value is -1.94. The summed E-state index contributed by atoms with van der Waals surface area (Å²) in [6.45, 7) is 4.93. The van der Waals surface area contributed by atoms with Crippen LogP contribution in [-0.2, 0) is 34.1 Å². The van der Waals surface area contributed by atoms with E-state index in [-0.39, 0.29) is 18.6 Å². The van der Waals surface area contributed by atoms with Gasteiger partial charge in [0.15, 0.2) is 6.61 Å². The molecular formula is C15H26N2O7S. The second-order valence-electron chi connectivity index (χ2n) is 5.45. The number of amides is 1.